The molecular formula is C30H40N4O7. The average molecular weight is 569 g/mol. The number of nitrogens with zero attached hydrogens (tertiary/aromatic N) is 2. The molecule has 222 valence electrons. The van der Waals surface area contributed by atoms with Crippen molar-refractivity contribution in [1.82, 2.24) is 20.5 Å². The minimum Gasteiger partial charge on any atom is -0.443 e. The lowest BCUT2D eigenvalue weighted by atomic mass is 9.97. The number of hydrogen-bond donors (Lipinski definition) is 6. The molecule has 11 nitrogen and oxygen atoms in total. The normalized spacial score (nSPS) is 22.6. The van der Waals surface area contributed by atoms with Crippen molar-refractivity contribution >= 4 is 5.91 Å². The van der Waals surface area contributed by atoms with E-state index in [4.69, 9.17) is 9.47 Å². The second-order valence-corrected chi connectivity index (χ2v) is 10.7. The predicted molar refractivity (Wildman–Crippen MR) is 150 cm³/mol. The maximum Gasteiger partial charge on any atom is 0.238 e. The number of aliphatic hydroxyl groups is 4. The zero-order valence-electron chi connectivity index (χ0n) is 23.4. The Morgan fingerprint density at radius 2 is 1.80 bits per heavy atom. The zero-order valence-corrected chi connectivity index (χ0v) is 23.4. The number of amides is 1. The summed E-state index contributed by atoms with van der Waals surface area (Å²) in [6.45, 7) is 4.07. The highest BCUT2D eigenvalue weighted by Crippen LogP contribution is 2.31. The van der Waals surface area contributed by atoms with E-state index < -0.39 is 37.3 Å². The van der Waals surface area contributed by atoms with Crippen molar-refractivity contribution in [2.45, 2.75) is 82.6 Å². The van der Waals surface area contributed by atoms with E-state index in [0.717, 1.165) is 40.9 Å². The number of aromatic nitrogens is 3. The second-order valence-electron chi connectivity index (χ2n) is 10.7. The van der Waals surface area contributed by atoms with E-state index in [1.165, 1.54) is 0 Å². The summed E-state index contributed by atoms with van der Waals surface area (Å²) in [5, 5.41) is 50.3. The molecule has 3 aromatic rings. The molecule has 0 saturated carbocycles. The largest absolute Gasteiger partial charge is 0.443 e. The van der Waals surface area contributed by atoms with E-state index in [-0.39, 0.29) is 17.7 Å². The third-order valence-corrected chi connectivity index (χ3v) is 7.22. The Hall–Kier alpha value is -3.35. The monoisotopic (exact) mass is 568 g/mol. The summed E-state index contributed by atoms with van der Waals surface area (Å²) in [7, 11) is 0. The smallest absolute Gasteiger partial charge is 0.238 e. The molecule has 3 heterocycles. The van der Waals surface area contributed by atoms with Gasteiger partial charge in [-0.1, -0.05) is 44.2 Å². The Kier molecular flexibility index (Phi) is 10.8. The van der Waals surface area contributed by atoms with Crippen molar-refractivity contribution in [3.05, 3.63) is 76.7 Å². The first-order valence-electron chi connectivity index (χ1n) is 14.1. The van der Waals surface area contributed by atoms with E-state index in [1.807, 2.05) is 56.3 Å². The molecule has 11 heteroatoms. The number of aliphatic hydroxyl groups excluding tert-OH is 4. The molecule has 1 fully saturated rings. The standard InChI is InChI=1S/C30H40N4O7/c1-18(2)25-22(29(34-33-25)41-30-28(39)27(38)26(37)23(17-35)40-30)16-20-11-9-19(10-12-20)6-5-8-24(36)32-15-13-21-7-3-4-14-31-21/h3-4,7,9-12,14,18,23,26-28,30,35,37-39H,5-6,8,13,15-17H2,1-2H3,(H,32,36)(H,33,34)/t23-,26-,27+,28-,30+/m1/s1. The van der Waals surface area contributed by atoms with Crippen molar-refractivity contribution in [2.75, 3.05) is 13.2 Å². The molecule has 0 radical (unpaired) electrons. The quantitative estimate of drug-likeness (QED) is 0.178. The highest BCUT2D eigenvalue weighted by molar-refractivity contribution is 5.75. The van der Waals surface area contributed by atoms with Crippen LogP contribution in [0.4, 0.5) is 0 Å². The van der Waals surface area contributed by atoms with Crippen LogP contribution in [0.2, 0.25) is 0 Å². The minimum atomic E-state index is -1.54. The summed E-state index contributed by atoms with van der Waals surface area (Å²) in [4.78, 5) is 16.5. The SMILES string of the molecule is CC(C)c1[nH]nc(O[C@@H]2O[C@H](CO)[C@@H](O)[C@H](O)[C@H]2O)c1Cc1ccc(CCCC(=O)NCCc2ccccn2)cc1. The number of ether oxygens (including phenoxy) is 2. The summed E-state index contributed by atoms with van der Waals surface area (Å²) in [6.07, 6.45) is -2.00. The van der Waals surface area contributed by atoms with Gasteiger partial charge in [-0.2, -0.15) is 0 Å². The van der Waals surface area contributed by atoms with Crippen LogP contribution in [0.5, 0.6) is 5.88 Å². The Labute approximate surface area is 239 Å². The molecule has 1 aromatic carbocycles. The molecule has 41 heavy (non-hydrogen) atoms. The van der Waals surface area contributed by atoms with Gasteiger partial charge in [0.2, 0.25) is 18.1 Å². The van der Waals surface area contributed by atoms with Crippen LogP contribution in [0, 0.1) is 0 Å². The molecule has 6 N–H and O–H groups in total. The fraction of sp³-hybridized carbons (Fsp3) is 0.500. The number of carbonyl (C=O) groups excluding carboxylic acids is 1. The zero-order chi connectivity index (χ0) is 29.4. The lowest BCUT2D eigenvalue weighted by Crippen LogP contribution is -2.60. The van der Waals surface area contributed by atoms with Crippen molar-refractivity contribution in [1.29, 1.82) is 0 Å². The Morgan fingerprint density at radius 1 is 1.05 bits per heavy atom. The van der Waals surface area contributed by atoms with E-state index in [0.29, 0.717) is 25.8 Å². The highest BCUT2D eigenvalue weighted by Gasteiger charge is 2.45. The summed E-state index contributed by atoms with van der Waals surface area (Å²) in [5.74, 6) is 0.362. The summed E-state index contributed by atoms with van der Waals surface area (Å²) < 4.78 is 11.4. The highest BCUT2D eigenvalue weighted by atomic mass is 16.7. The maximum atomic E-state index is 12.2. The summed E-state index contributed by atoms with van der Waals surface area (Å²) >= 11 is 0. The van der Waals surface area contributed by atoms with Crippen LogP contribution in [0.25, 0.3) is 0 Å². The van der Waals surface area contributed by atoms with E-state index in [9.17, 15) is 25.2 Å². The van der Waals surface area contributed by atoms with Crippen LogP contribution in [0.15, 0.2) is 48.7 Å². The van der Waals surface area contributed by atoms with E-state index >= 15 is 0 Å². The second kappa shape index (κ2) is 14.5. The number of pyridine rings is 1. The Bertz CT molecular complexity index is 1230. The van der Waals surface area contributed by atoms with Gasteiger partial charge in [0.05, 0.1) is 6.61 Å². The number of aryl methyl sites for hydroxylation is 1. The Balaban J connectivity index is 1.31. The maximum absolute atomic E-state index is 12.2. The summed E-state index contributed by atoms with van der Waals surface area (Å²) in [6, 6.07) is 13.9. The van der Waals surface area contributed by atoms with Gasteiger partial charge in [-0.25, -0.2) is 0 Å². The first-order valence-corrected chi connectivity index (χ1v) is 14.1. The molecular weight excluding hydrogens is 528 g/mol. The fourth-order valence-electron chi connectivity index (χ4n) is 4.83. The third-order valence-electron chi connectivity index (χ3n) is 7.22. The third kappa shape index (κ3) is 8.11. The molecule has 0 aliphatic carbocycles. The van der Waals surface area contributed by atoms with Crippen LogP contribution in [0.1, 0.15) is 60.7 Å². The van der Waals surface area contributed by atoms with Gasteiger partial charge in [0.25, 0.3) is 0 Å². The van der Waals surface area contributed by atoms with Crippen LogP contribution < -0.4 is 10.1 Å². The van der Waals surface area contributed by atoms with Crippen molar-refractivity contribution in [3.8, 4) is 5.88 Å². The summed E-state index contributed by atoms with van der Waals surface area (Å²) in [5.41, 5.74) is 4.75. The van der Waals surface area contributed by atoms with Crippen molar-refractivity contribution < 1.29 is 34.7 Å². The van der Waals surface area contributed by atoms with Crippen LogP contribution in [0.3, 0.4) is 0 Å². The number of benzene rings is 1. The Morgan fingerprint density at radius 3 is 2.49 bits per heavy atom. The van der Waals surface area contributed by atoms with Crippen molar-refractivity contribution in [2.24, 2.45) is 0 Å². The molecule has 0 unspecified atom stereocenters. The molecule has 0 bridgehead atoms. The number of hydrogen-bond acceptors (Lipinski definition) is 9. The molecule has 5 atom stereocenters. The molecule has 0 spiro atoms. The number of aromatic amines is 1. The molecule has 2 aromatic heterocycles. The minimum absolute atomic E-state index is 0.0330. The topological polar surface area (TPSA) is 170 Å². The van der Waals surface area contributed by atoms with Gasteiger partial charge in [0.15, 0.2) is 0 Å². The molecule has 1 saturated heterocycles. The van der Waals surface area contributed by atoms with E-state index in [1.54, 1.807) is 6.20 Å². The van der Waals surface area contributed by atoms with Gasteiger partial charge < -0.3 is 35.2 Å². The van der Waals surface area contributed by atoms with Crippen LogP contribution in [-0.2, 0) is 28.8 Å². The lowest BCUT2D eigenvalue weighted by molar-refractivity contribution is -0.278. The lowest BCUT2D eigenvalue weighted by Gasteiger charge is -2.39. The van der Waals surface area contributed by atoms with E-state index in [2.05, 4.69) is 20.5 Å². The molecule has 1 aliphatic heterocycles. The predicted octanol–water partition coefficient (Wildman–Crippen LogP) is 1.38. The number of carbonyl (C=O) groups is 1. The first kappa shape index (κ1) is 30.6. The number of nitrogens with one attached hydrogen (secondary N) is 2. The van der Waals surface area contributed by atoms with Gasteiger partial charge in [-0.15, -0.1) is 5.10 Å². The van der Waals surface area contributed by atoms with Gasteiger partial charge in [0, 0.05) is 49.0 Å². The van der Waals surface area contributed by atoms with Crippen LogP contribution >= 0.6 is 0 Å². The van der Waals surface area contributed by atoms with Gasteiger partial charge in [0.1, 0.15) is 24.4 Å². The van der Waals surface area contributed by atoms with Crippen LogP contribution in [-0.4, -0.2) is 85.4 Å². The van der Waals surface area contributed by atoms with Gasteiger partial charge in [-0.3, -0.25) is 14.9 Å². The van der Waals surface area contributed by atoms with Crippen molar-refractivity contribution in [3.63, 3.8) is 0 Å². The molecule has 1 aliphatic rings. The molecule has 1 amide bonds. The fourth-order valence-corrected chi connectivity index (χ4v) is 4.83. The number of rotatable bonds is 13. The number of H-pyrrole nitrogens is 1. The van der Waals surface area contributed by atoms with Gasteiger partial charge >= 0.3 is 0 Å². The first-order chi connectivity index (χ1) is 19.8. The van der Waals surface area contributed by atoms with Gasteiger partial charge in [-0.05, 0) is 42.0 Å². The average Bonchev–Trinajstić information content (AvgIpc) is 3.37. The molecule has 4 rings (SSSR count).